The Bertz CT molecular complexity index is 2460. The Morgan fingerprint density at radius 3 is 2.62 bits per heavy atom. The lowest BCUT2D eigenvalue weighted by Gasteiger charge is -2.19. The van der Waals surface area contributed by atoms with Crippen LogP contribution in [-0.4, -0.2) is 48.4 Å². The van der Waals surface area contributed by atoms with Crippen molar-refractivity contribution in [2.24, 2.45) is 0 Å². The summed E-state index contributed by atoms with van der Waals surface area (Å²) in [7, 11) is 0. The quantitative estimate of drug-likeness (QED) is 0.173. The van der Waals surface area contributed by atoms with Crippen LogP contribution in [0.1, 0.15) is 51.4 Å². The molecule has 2 aliphatic rings. The zero-order valence-electron chi connectivity index (χ0n) is 28.4. The first-order chi connectivity index (χ1) is 26.0. The van der Waals surface area contributed by atoms with E-state index in [2.05, 4.69) is 21.5 Å². The number of anilines is 1. The Kier molecular flexibility index (Phi) is 8.33. The van der Waals surface area contributed by atoms with Crippen LogP contribution < -0.4 is 15.8 Å². The summed E-state index contributed by atoms with van der Waals surface area (Å²) in [4.78, 5) is 27.9. The maximum atomic E-state index is 15.7. The molecule has 1 saturated heterocycles. The maximum absolute atomic E-state index is 15.7. The van der Waals surface area contributed by atoms with Crippen LogP contribution in [0.5, 0.6) is 5.75 Å². The van der Waals surface area contributed by atoms with Crippen molar-refractivity contribution in [2.45, 2.75) is 31.8 Å². The van der Waals surface area contributed by atoms with Crippen molar-refractivity contribution in [3.8, 4) is 28.6 Å². The minimum absolute atomic E-state index is 0.112. The molecule has 0 saturated carbocycles. The molecule has 7 aromatic rings. The molecule has 3 aromatic carbocycles. The molecule has 53 heavy (non-hydrogen) atoms. The van der Waals surface area contributed by atoms with E-state index in [1.165, 1.54) is 12.1 Å². The molecule has 5 heterocycles. The molecule has 1 fully saturated rings. The number of fused-ring (bicyclic) bond motifs is 2. The van der Waals surface area contributed by atoms with Crippen molar-refractivity contribution in [2.75, 3.05) is 18.9 Å². The molecule has 0 bridgehead atoms. The number of hydrogen-bond acceptors (Lipinski definition) is 9. The van der Waals surface area contributed by atoms with Gasteiger partial charge in [-0.1, -0.05) is 36.4 Å². The average Bonchev–Trinajstić information content (AvgIpc) is 4.02. The van der Waals surface area contributed by atoms with E-state index in [1.54, 1.807) is 17.1 Å². The van der Waals surface area contributed by atoms with E-state index in [0.29, 0.717) is 65.8 Å². The Balaban J connectivity index is 1.02. The second kappa shape index (κ2) is 13.6. The Hall–Kier alpha value is -6.44. The van der Waals surface area contributed by atoms with Gasteiger partial charge in [0.05, 0.1) is 35.9 Å². The number of rotatable bonds is 9. The van der Waals surface area contributed by atoms with Gasteiger partial charge in [-0.2, -0.15) is 5.10 Å². The number of hydrogen-bond donors (Lipinski definition) is 2. The third-order valence-electron chi connectivity index (χ3n) is 9.53. The summed E-state index contributed by atoms with van der Waals surface area (Å²) in [6.45, 7) is 0.992. The van der Waals surface area contributed by atoms with Gasteiger partial charge in [0, 0.05) is 30.3 Å². The molecule has 13 heteroatoms. The molecule has 1 amide bonds. The van der Waals surface area contributed by atoms with E-state index >= 15 is 4.39 Å². The molecule has 0 radical (unpaired) electrons. The van der Waals surface area contributed by atoms with Crippen molar-refractivity contribution in [1.82, 2.24) is 34.6 Å². The largest absolute Gasteiger partial charge is 0.488 e. The minimum atomic E-state index is -0.769. The molecule has 9 rings (SSSR count). The van der Waals surface area contributed by atoms with Crippen LogP contribution in [0.15, 0.2) is 110 Å². The van der Waals surface area contributed by atoms with E-state index < -0.39 is 18.0 Å². The highest BCUT2D eigenvalue weighted by Gasteiger charge is 2.30. The number of aryl methyl sites for hydroxylation is 1. The lowest BCUT2D eigenvalue weighted by Crippen LogP contribution is -2.28. The van der Waals surface area contributed by atoms with Gasteiger partial charge in [-0.25, -0.2) is 24.0 Å². The van der Waals surface area contributed by atoms with Gasteiger partial charge in [-0.15, -0.1) is 0 Å². The minimum Gasteiger partial charge on any atom is -0.488 e. The van der Waals surface area contributed by atoms with Gasteiger partial charge in [0.15, 0.2) is 23.6 Å². The molecule has 3 N–H and O–H groups in total. The summed E-state index contributed by atoms with van der Waals surface area (Å²) in [5.74, 6) is 0.601. The molecule has 4 aromatic heterocycles. The summed E-state index contributed by atoms with van der Waals surface area (Å²) in [6.07, 6.45) is 5.73. The van der Waals surface area contributed by atoms with Gasteiger partial charge in [0.2, 0.25) is 0 Å². The van der Waals surface area contributed by atoms with Crippen molar-refractivity contribution < 1.29 is 23.4 Å². The molecular formula is C40H33FN8O4. The van der Waals surface area contributed by atoms with E-state index in [1.807, 2.05) is 83.6 Å². The summed E-state index contributed by atoms with van der Waals surface area (Å²) in [5, 5.41) is 7.42. The molecule has 0 spiro atoms. The van der Waals surface area contributed by atoms with Gasteiger partial charge in [0.25, 0.3) is 5.91 Å². The van der Waals surface area contributed by atoms with Gasteiger partial charge in [0.1, 0.15) is 29.5 Å². The van der Waals surface area contributed by atoms with Crippen LogP contribution in [0.25, 0.3) is 34.1 Å². The average molecular weight is 709 g/mol. The van der Waals surface area contributed by atoms with Crippen molar-refractivity contribution in [3.63, 3.8) is 0 Å². The number of carbonyl (C=O) groups is 1. The monoisotopic (exact) mass is 708 g/mol. The van der Waals surface area contributed by atoms with E-state index in [0.717, 1.165) is 22.4 Å². The van der Waals surface area contributed by atoms with Crippen LogP contribution in [0.3, 0.4) is 0 Å². The number of aromatic nitrogens is 6. The number of imidazole rings is 1. The van der Waals surface area contributed by atoms with E-state index in [4.69, 9.17) is 29.9 Å². The number of nitrogens with one attached hydrogen (secondary N) is 1. The number of halogens is 1. The molecule has 1 atom stereocenters. The Morgan fingerprint density at radius 2 is 1.81 bits per heavy atom. The number of amides is 1. The van der Waals surface area contributed by atoms with Crippen LogP contribution in [0, 0.1) is 5.82 Å². The molecule has 12 nitrogen and oxygen atoms in total. The van der Waals surface area contributed by atoms with Crippen LogP contribution in [-0.2, 0) is 22.5 Å². The standard InChI is InChI=1S/C40H33FN8O4/c41-31-22-34(53-23-24-6-2-1-3-7-24)30(40-51-18-19-52-40)21-29(31)39(50)46-32-12-9-25-20-26(10-11-27(25)32)49-37(28-8-4-15-43-36(28)42)45-33-13-14-35(47-38(33)49)48-17-5-16-44-48/h1-8,10-11,13-17,20-22,32,40H,9,12,18-19,23H2,(H2,42,43)(H,46,50). The van der Waals surface area contributed by atoms with Crippen molar-refractivity contribution >= 4 is 22.9 Å². The molecule has 1 aliphatic carbocycles. The van der Waals surface area contributed by atoms with Gasteiger partial charge in [-0.05, 0) is 78.1 Å². The Morgan fingerprint density at radius 1 is 0.943 bits per heavy atom. The van der Waals surface area contributed by atoms with Crippen molar-refractivity contribution in [1.29, 1.82) is 0 Å². The smallest absolute Gasteiger partial charge is 0.254 e. The number of ether oxygens (including phenoxy) is 3. The molecule has 1 aliphatic heterocycles. The first kappa shape index (κ1) is 32.5. The predicted octanol–water partition coefficient (Wildman–Crippen LogP) is 6.43. The number of nitrogens with zero attached hydrogens (tertiary/aromatic N) is 6. The highest BCUT2D eigenvalue weighted by Crippen LogP contribution is 2.38. The number of nitrogens with two attached hydrogens (primary N) is 1. The fraction of sp³-hybridized carbons (Fsp3) is 0.175. The molecule has 264 valence electrons. The summed E-state index contributed by atoms with van der Waals surface area (Å²) in [5.41, 5.74) is 12.4. The lowest BCUT2D eigenvalue weighted by atomic mass is 10.0. The van der Waals surface area contributed by atoms with Gasteiger partial charge < -0.3 is 25.3 Å². The second-order valence-electron chi connectivity index (χ2n) is 12.8. The first-order valence-corrected chi connectivity index (χ1v) is 17.3. The highest BCUT2D eigenvalue weighted by atomic mass is 19.1. The van der Waals surface area contributed by atoms with Crippen LogP contribution >= 0.6 is 0 Å². The zero-order chi connectivity index (χ0) is 35.9. The fourth-order valence-electron chi connectivity index (χ4n) is 6.97. The maximum Gasteiger partial charge on any atom is 0.254 e. The van der Waals surface area contributed by atoms with Crippen molar-refractivity contribution in [3.05, 3.63) is 143 Å². The third kappa shape index (κ3) is 6.15. The third-order valence-corrected chi connectivity index (χ3v) is 9.53. The number of carbonyl (C=O) groups excluding carboxylic acids is 1. The second-order valence-corrected chi connectivity index (χ2v) is 12.8. The highest BCUT2D eigenvalue weighted by molar-refractivity contribution is 5.95. The predicted molar refractivity (Wildman–Crippen MR) is 194 cm³/mol. The fourth-order valence-corrected chi connectivity index (χ4v) is 6.97. The molecular weight excluding hydrogens is 675 g/mol. The van der Waals surface area contributed by atoms with E-state index in [-0.39, 0.29) is 24.0 Å². The number of pyridine rings is 2. The zero-order valence-corrected chi connectivity index (χ0v) is 28.4. The summed E-state index contributed by atoms with van der Waals surface area (Å²) >= 11 is 0. The normalized spacial score (nSPS) is 15.5. The Labute approximate surface area is 303 Å². The summed E-state index contributed by atoms with van der Waals surface area (Å²) in [6, 6.07) is 27.3. The topological polar surface area (TPSA) is 144 Å². The lowest BCUT2D eigenvalue weighted by molar-refractivity contribution is -0.0459. The SMILES string of the molecule is Nc1ncccc1-c1nc2ccc(-n3cccn3)nc2n1-c1ccc2c(c1)CCC2NC(=O)c1cc(C2OCCO2)c(OCc2ccccc2)cc1F. The number of nitrogen functional groups attached to an aromatic ring is 1. The molecule has 1 unspecified atom stereocenters. The van der Waals surface area contributed by atoms with Gasteiger partial charge in [-0.3, -0.25) is 9.36 Å². The van der Waals surface area contributed by atoms with E-state index in [9.17, 15) is 4.79 Å². The van der Waals surface area contributed by atoms with Gasteiger partial charge >= 0.3 is 0 Å². The van der Waals surface area contributed by atoms with Crippen LogP contribution in [0.4, 0.5) is 10.2 Å². The summed E-state index contributed by atoms with van der Waals surface area (Å²) < 4.78 is 36.8. The number of benzene rings is 3. The van der Waals surface area contributed by atoms with Crippen LogP contribution in [0.2, 0.25) is 0 Å². The first-order valence-electron chi connectivity index (χ1n) is 17.3.